The van der Waals surface area contributed by atoms with Gasteiger partial charge in [0.25, 0.3) is 0 Å². The minimum Gasteiger partial charge on any atom is -0.390 e. The lowest BCUT2D eigenvalue weighted by atomic mass is 9.52. The molecular formula is C13H20BrNO2. The highest BCUT2D eigenvalue weighted by Crippen LogP contribution is 2.55. The van der Waals surface area contributed by atoms with Crippen LogP contribution >= 0.6 is 15.9 Å². The second-order valence-electron chi connectivity index (χ2n) is 6.34. The Hall–Kier alpha value is -0.0900. The van der Waals surface area contributed by atoms with Crippen LogP contribution in [0.3, 0.4) is 0 Å². The molecule has 0 aromatic carbocycles. The normalized spacial score (nSPS) is 49.1. The Balaban J connectivity index is 1.74. The van der Waals surface area contributed by atoms with Gasteiger partial charge in [-0.2, -0.15) is 0 Å². The van der Waals surface area contributed by atoms with Gasteiger partial charge in [0.15, 0.2) is 0 Å². The lowest BCUT2D eigenvalue weighted by Gasteiger charge is -2.58. The largest absolute Gasteiger partial charge is 0.390 e. The van der Waals surface area contributed by atoms with E-state index < -0.39 is 5.60 Å². The molecule has 4 fully saturated rings. The lowest BCUT2D eigenvalue weighted by molar-refractivity contribution is -0.146. The summed E-state index contributed by atoms with van der Waals surface area (Å²) in [7, 11) is 0. The van der Waals surface area contributed by atoms with Gasteiger partial charge in [-0.1, -0.05) is 15.9 Å². The molecule has 96 valence electrons. The van der Waals surface area contributed by atoms with E-state index in [0.717, 1.165) is 19.3 Å². The Bertz CT molecular complexity index is 328. The number of nitrogens with one attached hydrogen (secondary N) is 1. The van der Waals surface area contributed by atoms with Gasteiger partial charge >= 0.3 is 0 Å². The molecule has 0 saturated heterocycles. The van der Waals surface area contributed by atoms with Crippen LogP contribution in [0.1, 0.15) is 39.0 Å². The zero-order chi connectivity index (χ0) is 12.2. The number of amides is 1. The monoisotopic (exact) mass is 301 g/mol. The molecule has 4 saturated carbocycles. The summed E-state index contributed by atoms with van der Waals surface area (Å²) in [6.45, 7) is 1.86. The van der Waals surface area contributed by atoms with Crippen LogP contribution in [-0.2, 0) is 4.79 Å². The van der Waals surface area contributed by atoms with E-state index in [-0.39, 0.29) is 10.7 Å². The third kappa shape index (κ3) is 2.03. The second kappa shape index (κ2) is 3.95. The molecule has 0 radical (unpaired) electrons. The van der Waals surface area contributed by atoms with E-state index in [1.165, 1.54) is 12.8 Å². The van der Waals surface area contributed by atoms with Gasteiger partial charge in [-0.05, 0) is 56.8 Å². The highest BCUT2D eigenvalue weighted by Gasteiger charge is 2.55. The third-order valence-corrected chi connectivity index (χ3v) is 5.33. The molecule has 4 aliphatic carbocycles. The van der Waals surface area contributed by atoms with Crippen LogP contribution in [0.25, 0.3) is 0 Å². The summed E-state index contributed by atoms with van der Waals surface area (Å²) in [4.78, 5) is 11.7. The van der Waals surface area contributed by atoms with Crippen molar-refractivity contribution in [2.75, 3.05) is 0 Å². The first-order valence-corrected chi connectivity index (χ1v) is 7.55. The fraction of sp³-hybridized carbons (Fsp3) is 0.923. The molecule has 0 aliphatic heterocycles. The smallest absolute Gasteiger partial charge is 0.233 e. The minimum atomic E-state index is -0.405. The Morgan fingerprint density at radius 3 is 2.41 bits per heavy atom. The van der Waals surface area contributed by atoms with Crippen molar-refractivity contribution in [3.05, 3.63) is 0 Å². The predicted octanol–water partition coefficient (Wildman–Crippen LogP) is 1.83. The first-order valence-electron chi connectivity index (χ1n) is 6.64. The van der Waals surface area contributed by atoms with Crippen molar-refractivity contribution in [3.63, 3.8) is 0 Å². The number of hydrogen-bond acceptors (Lipinski definition) is 2. The summed E-state index contributed by atoms with van der Waals surface area (Å²) in [5, 5.41) is 13.6. The predicted molar refractivity (Wildman–Crippen MR) is 68.8 cm³/mol. The van der Waals surface area contributed by atoms with Crippen molar-refractivity contribution < 1.29 is 9.90 Å². The second-order valence-corrected chi connectivity index (χ2v) is 7.72. The molecule has 2 N–H and O–H groups in total. The molecule has 4 rings (SSSR count). The molecule has 3 unspecified atom stereocenters. The molecule has 0 aromatic rings. The Morgan fingerprint density at radius 2 is 1.94 bits per heavy atom. The quantitative estimate of drug-likeness (QED) is 0.765. The van der Waals surface area contributed by atoms with Crippen LogP contribution in [0.15, 0.2) is 0 Å². The summed E-state index contributed by atoms with van der Waals surface area (Å²) in [5.74, 6) is 1.80. The van der Waals surface area contributed by atoms with E-state index in [2.05, 4.69) is 21.2 Å². The SMILES string of the molecule is C[C@H](Br)C(=O)NC1[C@@H]2CC3C[C@H]1CC(O)(C3)C2. The molecule has 4 aliphatic rings. The number of hydrogen-bond donors (Lipinski definition) is 2. The van der Waals surface area contributed by atoms with Gasteiger partial charge in [-0.25, -0.2) is 0 Å². The number of carbonyl (C=O) groups is 1. The molecular weight excluding hydrogens is 282 g/mol. The number of halogens is 1. The Labute approximate surface area is 110 Å². The Kier molecular flexibility index (Phi) is 2.78. The number of alkyl halides is 1. The van der Waals surface area contributed by atoms with Gasteiger partial charge in [0.1, 0.15) is 0 Å². The van der Waals surface area contributed by atoms with E-state index in [4.69, 9.17) is 0 Å². The van der Waals surface area contributed by atoms with E-state index in [1.807, 2.05) is 6.92 Å². The van der Waals surface area contributed by atoms with Gasteiger partial charge in [0.05, 0.1) is 10.4 Å². The molecule has 1 amide bonds. The first kappa shape index (κ1) is 12.0. The number of rotatable bonds is 2. The van der Waals surface area contributed by atoms with Crippen LogP contribution in [0, 0.1) is 17.8 Å². The first-order chi connectivity index (χ1) is 7.97. The summed E-state index contributed by atoms with van der Waals surface area (Å²) in [6.07, 6.45) is 5.17. The molecule has 3 nitrogen and oxygen atoms in total. The van der Waals surface area contributed by atoms with Gasteiger partial charge in [0.2, 0.25) is 5.91 Å². The van der Waals surface area contributed by atoms with Gasteiger partial charge in [-0.15, -0.1) is 0 Å². The molecule has 0 spiro atoms. The summed E-state index contributed by atoms with van der Waals surface area (Å²) in [6, 6.07) is 0.305. The van der Waals surface area contributed by atoms with Crippen LogP contribution in [-0.4, -0.2) is 27.5 Å². The molecule has 4 bridgehead atoms. The zero-order valence-corrected chi connectivity index (χ0v) is 11.7. The molecule has 6 atom stereocenters. The van der Waals surface area contributed by atoms with Crippen molar-refractivity contribution >= 4 is 21.8 Å². The fourth-order valence-electron chi connectivity index (χ4n) is 4.50. The summed E-state index contributed by atoms with van der Waals surface area (Å²) < 4.78 is 0. The number of aliphatic hydroxyl groups is 1. The standard InChI is InChI=1S/C13H20BrNO2/c1-7(14)12(16)15-11-9-2-8-3-10(11)6-13(17,4-8)5-9/h7-11,17H,2-6H2,1H3,(H,15,16)/t7-,8?,9-,10+,11?,13?/m0/s1. The van der Waals surface area contributed by atoms with E-state index in [0.29, 0.717) is 23.8 Å². The van der Waals surface area contributed by atoms with Gasteiger partial charge < -0.3 is 10.4 Å². The van der Waals surface area contributed by atoms with Crippen molar-refractivity contribution in [3.8, 4) is 0 Å². The average molecular weight is 302 g/mol. The van der Waals surface area contributed by atoms with Crippen molar-refractivity contribution in [1.82, 2.24) is 5.32 Å². The topological polar surface area (TPSA) is 49.3 Å². The maximum absolute atomic E-state index is 11.8. The molecule has 17 heavy (non-hydrogen) atoms. The maximum Gasteiger partial charge on any atom is 0.233 e. The van der Waals surface area contributed by atoms with Crippen LogP contribution in [0.5, 0.6) is 0 Å². The highest BCUT2D eigenvalue weighted by molar-refractivity contribution is 9.10. The van der Waals surface area contributed by atoms with E-state index >= 15 is 0 Å². The summed E-state index contributed by atoms with van der Waals surface area (Å²) in [5.41, 5.74) is -0.405. The van der Waals surface area contributed by atoms with Crippen LogP contribution < -0.4 is 5.32 Å². The van der Waals surface area contributed by atoms with Gasteiger partial charge in [0, 0.05) is 6.04 Å². The van der Waals surface area contributed by atoms with Crippen molar-refractivity contribution in [2.45, 2.75) is 55.5 Å². The lowest BCUT2D eigenvalue weighted by Crippen LogP contribution is -2.62. The van der Waals surface area contributed by atoms with Crippen molar-refractivity contribution in [1.29, 1.82) is 0 Å². The molecule has 0 heterocycles. The number of carbonyl (C=O) groups excluding carboxylic acids is 1. The molecule has 0 aromatic heterocycles. The Morgan fingerprint density at radius 1 is 1.35 bits per heavy atom. The minimum absolute atomic E-state index is 0.0921. The van der Waals surface area contributed by atoms with Crippen molar-refractivity contribution in [2.24, 2.45) is 17.8 Å². The van der Waals surface area contributed by atoms with Crippen LogP contribution in [0.2, 0.25) is 0 Å². The maximum atomic E-state index is 11.8. The molecule has 4 heteroatoms. The highest BCUT2D eigenvalue weighted by atomic mass is 79.9. The van der Waals surface area contributed by atoms with E-state index in [1.54, 1.807) is 0 Å². The zero-order valence-electron chi connectivity index (χ0n) is 10.2. The van der Waals surface area contributed by atoms with Crippen LogP contribution in [0.4, 0.5) is 0 Å². The van der Waals surface area contributed by atoms with E-state index in [9.17, 15) is 9.90 Å². The fourth-order valence-corrected chi connectivity index (χ4v) is 4.63. The average Bonchev–Trinajstić information content (AvgIpc) is 2.20. The van der Waals surface area contributed by atoms with Gasteiger partial charge in [-0.3, -0.25) is 4.79 Å². The summed E-state index contributed by atoms with van der Waals surface area (Å²) >= 11 is 3.32. The third-order valence-electron chi connectivity index (χ3n) is 4.91.